The summed E-state index contributed by atoms with van der Waals surface area (Å²) in [5.41, 5.74) is 0. The maximum atomic E-state index is 3.71. The Morgan fingerprint density at radius 3 is 2.33 bits per heavy atom. The maximum absolute atomic E-state index is 3.71. The quantitative estimate of drug-likeness (QED) is 0.681. The first kappa shape index (κ1) is 8.55. The van der Waals surface area contributed by atoms with Crippen LogP contribution in [0.5, 0.6) is 0 Å². The first-order chi connectivity index (χ1) is 5.86. The predicted octanol–water partition coefficient (Wildman–Crippen LogP) is 2.56. The zero-order valence-corrected chi connectivity index (χ0v) is 8.18. The molecule has 0 spiro atoms. The second kappa shape index (κ2) is 3.78. The molecule has 0 saturated heterocycles. The van der Waals surface area contributed by atoms with Gasteiger partial charge in [-0.15, -0.1) is 0 Å². The summed E-state index contributed by atoms with van der Waals surface area (Å²) in [4.78, 5) is 0. The van der Waals surface area contributed by atoms with Gasteiger partial charge >= 0.3 is 0 Å². The molecule has 2 aliphatic carbocycles. The molecule has 0 aromatic carbocycles. The summed E-state index contributed by atoms with van der Waals surface area (Å²) in [5, 5.41) is 3.71. The van der Waals surface area contributed by atoms with Gasteiger partial charge in [0, 0.05) is 6.04 Å². The lowest BCUT2D eigenvalue weighted by atomic mass is 9.81. The van der Waals surface area contributed by atoms with Crippen molar-refractivity contribution in [1.29, 1.82) is 0 Å². The van der Waals surface area contributed by atoms with Crippen LogP contribution in [-0.4, -0.2) is 12.6 Å². The number of rotatable bonds is 3. The molecular formula is C11H21N. The highest BCUT2D eigenvalue weighted by molar-refractivity contribution is 4.84. The SMILES string of the molecule is CC1CCC1NCC1CCCC1. The Kier molecular flexibility index (Phi) is 2.69. The lowest BCUT2D eigenvalue weighted by molar-refractivity contribution is 0.220. The Morgan fingerprint density at radius 1 is 1.08 bits per heavy atom. The van der Waals surface area contributed by atoms with E-state index in [1.807, 2.05) is 0 Å². The number of hydrogen-bond acceptors (Lipinski definition) is 1. The van der Waals surface area contributed by atoms with Crippen LogP contribution in [0.1, 0.15) is 45.4 Å². The smallest absolute Gasteiger partial charge is 0.00929 e. The fourth-order valence-corrected chi connectivity index (χ4v) is 2.50. The molecule has 0 aromatic heterocycles. The fourth-order valence-electron chi connectivity index (χ4n) is 2.50. The third kappa shape index (κ3) is 1.82. The lowest BCUT2D eigenvalue weighted by Gasteiger charge is -2.35. The molecule has 0 aromatic rings. The molecular weight excluding hydrogens is 146 g/mol. The summed E-state index contributed by atoms with van der Waals surface area (Å²) < 4.78 is 0. The molecule has 12 heavy (non-hydrogen) atoms. The van der Waals surface area contributed by atoms with Crippen LogP contribution in [0.25, 0.3) is 0 Å². The molecule has 0 radical (unpaired) electrons. The average molecular weight is 167 g/mol. The molecule has 1 heteroatoms. The van der Waals surface area contributed by atoms with Crippen molar-refractivity contribution in [2.24, 2.45) is 11.8 Å². The Labute approximate surface area is 75.9 Å². The van der Waals surface area contributed by atoms with Crippen molar-refractivity contribution in [1.82, 2.24) is 5.32 Å². The van der Waals surface area contributed by atoms with Crippen LogP contribution in [0.2, 0.25) is 0 Å². The van der Waals surface area contributed by atoms with E-state index in [2.05, 4.69) is 12.2 Å². The van der Waals surface area contributed by atoms with Crippen LogP contribution in [0.4, 0.5) is 0 Å². The second-order valence-electron chi connectivity index (χ2n) is 4.72. The zero-order valence-electron chi connectivity index (χ0n) is 8.18. The van der Waals surface area contributed by atoms with Gasteiger partial charge < -0.3 is 5.32 Å². The predicted molar refractivity (Wildman–Crippen MR) is 52.1 cm³/mol. The van der Waals surface area contributed by atoms with Crippen LogP contribution in [0.3, 0.4) is 0 Å². The molecule has 2 aliphatic rings. The van der Waals surface area contributed by atoms with E-state index in [1.54, 1.807) is 0 Å². The van der Waals surface area contributed by atoms with Gasteiger partial charge in [0.1, 0.15) is 0 Å². The van der Waals surface area contributed by atoms with Crippen LogP contribution in [0.15, 0.2) is 0 Å². The van der Waals surface area contributed by atoms with Crippen LogP contribution in [-0.2, 0) is 0 Å². The van der Waals surface area contributed by atoms with Crippen molar-refractivity contribution in [3.63, 3.8) is 0 Å². The second-order valence-corrected chi connectivity index (χ2v) is 4.72. The molecule has 1 nitrogen and oxygen atoms in total. The molecule has 0 aliphatic heterocycles. The van der Waals surface area contributed by atoms with Gasteiger partial charge in [-0.25, -0.2) is 0 Å². The average Bonchev–Trinajstić information content (AvgIpc) is 2.54. The van der Waals surface area contributed by atoms with E-state index in [9.17, 15) is 0 Å². The van der Waals surface area contributed by atoms with Crippen LogP contribution < -0.4 is 5.32 Å². The van der Waals surface area contributed by atoms with Crippen LogP contribution >= 0.6 is 0 Å². The highest BCUT2D eigenvalue weighted by atomic mass is 14.9. The first-order valence-corrected chi connectivity index (χ1v) is 5.59. The molecule has 0 heterocycles. The highest BCUT2D eigenvalue weighted by Crippen LogP contribution is 2.28. The van der Waals surface area contributed by atoms with Gasteiger partial charge in [0.15, 0.2) is 0 Å². The molecule has 2 atom stereocenters. The third-order valence-electron chi connectivity index (χ3n) is 3.76. The van der Waals surface area contributed by atoms with Crippen molar-refractivity contribution >= 4 is 0 Å². The zero-order chi connectivity index (χ0) is 8.39. The highest BCUT2D eigenvalue weighted by Gasteiger charge is 2.27. The molecule has 70 valence electrons. The van der Waals surface area contributed by atoms with Gasteiger partial charge in [-0.3, -0.25) is 0 Å². The largest absolute Gasteiger partial charge is 0.313 e. The van der Waals surface area contributed by atoms with Crippen LogP contribution in [0, 0.1) is 11.8 Å². The summed E-state index contributed by atoms with van der Waals surface area (Å²) in [5.74, 6) is 1.96. The van der Waals surface area contributed by atoms with E-state index < -0.39 is 0 Å². The summed E-state index contributed by atoms with van der Waals surface area (Å²) >= 11 is 0. The van der Waals surface area contributed by atoms with Gasteiger partial charge in [0.25, 0.3) is 0 Å². The summed E-state index contributed by atoms with van der Waals surface area (Å²) in [6.07, 6.45) is 8.79. The third-order valence-corrected chi connectivity index (χ3v) is 3.76. The minimum Gasteiger partial charge on any atom is -0.313 e. The van der Waals surface area contributed by atoms with E-state index in [4.69, 9.17) is 0 Å². The normalized spacial score (nSPS) is 36.8. The van der Waals surface area contributed by atoms with Crippen molar-refractivity contribution in [3.8, 4) is 0 Å². The van der Waals surface area contributed by atoms with E-state index in [0.717, 1.165) is 17.9 Å². The number of nitrogens with one attached hydrogen (secondary N) is 1. The van der Waals surface area contributed by atoms with Crippen molar-refractivity contribution in [2.45, 2.75) is 51.5 Å². The summed E-state index contributed by atoms with van der Waals surface area (Å²) in [7, 11) is 0. The van der Waals surface area contributed by atoms with E-state index in [-0.39, 0.29) is 0 Å². The molecule has 2 rings (SSSR count). The van der Waals surface area contributed by atoms with Crippen molar-refractivity contribution < 1.29 is 0 Å². The molecule has 1 N–H and O–H groups in total. The van der Waals surface area contributed by atoms with Gasteiger partial charge in [-0.2, -0.15) is 0 Å². The minimum absolute atomic E-state index is 0.866. The van der Waals surface area contributed by atoms with Crippen molar-refractivity contribution in [2.75, 3.05) is 6.54 Å². The van der Waals surface area contributed by atoms with Gasteiger partial charge in [0.05, 0.1) is 0 Å². The number of hydrogen-bond donors (Lipinski definition) is 1. The Balaban J connectivity index is 1.61. The Hall–Kier alpha value is -0.0400. The van der Waals surface area contributed by atoms with E-state index in [1.165, 1.54) is 45.1 Å². The van der Waals surface area contributed by atoms with E-state index >= 15 is 0 Å². The summed E-state index contributed by atoms with van der Waals surface area (Å²) in [6.45, 7) is 3.67. The molecule has 0 amide bonds. The standard InChI is InChI=1S/C11H21N/c1-9-6-7-11(9)12-8-10-4-2-3-5-10/h9-12H,2-8H2,1H3. The molecule has 0 bridgehead atoms. The van der Waals surface area contributed by atoms with E-state index in [0.29, 0.717) is 0 Å². The Morgan fingerprint density at radius 2 is 1.83 bits per heavy atom. The fraction of sp³-hybridized carbons (Fsp3) is 1.00. The lowest BCUT2D eigenvalue weighted by Crippen LogP contribution is -2.44. The molecule has 2 fully saturated rings. The topological polar surface area (TPSA) is 12.0 Å². The van der Waals surface area contributed by atoms with Gasteiger partial charge in [-0.05, 0) is 44.1 Å². The van der Waals surface area contributed by atoms with Gasteiger partial charge in [0.2, 0.25) is 0 Å². The summed E-state index contributed by atoms with van der Waals surface area (Å²) in [6, 6.07) is 0.866. The minimum atomic E-state index is 0.866. The molecule has 2 unspecified atom stereocenters. The maximum Gasteiger partial charge on any atom is 0.00929 e. The van der Waals surface area contributed by atoms with Crippen molar-refractivity contribution in [3.05, 3.63) is 0 Å². The van der Waals surface area contributed by atoms with Gasteiger partial charge in [-0.1, -0.05) is 19.8 Å². The molecule has 2 saturated carbocycles. The first-order valence-electron chi connectivity index (χ1n) is 5.59. The monoisotopic (exact) mass is 167 g/mol. The Bertz CT molecular complexity index is 136.